The first-order valence-corrected chi connectivity index (χ1v) is 2.98. The van der Waals surface area contributed by atoms with Gasteiger partial charge in [0.1, 0.15) is 0 Å². The summed E-state index contributed by atoms with van der Waals surface area (Å²) in [4.78, 5) is 0. The molecule has 0 saturated heterocycles. The first-order valence-electron chi connectivity index (χ1n) is 2.98. The van der Waals surface area contributed by atoms with Gasteiger partial charge in [0.15, 0.2) is 0 Å². The lowest BCUT2D eigenvalue weighted by molar-refractivity contribution is 1.27. The van der Waals surface area contributed by atoms with E-state index in [0.29, 0.717) is 0 Å². The van der Waals surface area contributed by atoms with Crippen molar-refractivity contribution in [2.75, 3.05) is 0 Å². The number of hydrogen-bond donors (Lipinski definition) is 0. The minimum Gasteiger partial charge on any atom is -0.103 e. The fourth-order valence-electron chi connectivity index (χ4n) is 0.374. The highest BCUT2D eigenvalue weighted by Gasteiger charge is 1.62. The van der Waals surface area contributed by atoms with Crippen LogP contribution >= 0.6 is 0 Å². The second kappa shape index (κ2) is 6.30. The van der Waals surface area contributed by atoms with Crippen molar-refractivity contribution >= 4 is 0 Å². The van der Waals surface area contributed by atoms with Gasteiger partial charge in [-0.25, -0.2) is 0 Å². The highest BCUT2D eigenvalue weighted by Crippen LogP contribution is 1.78. The lowest BCUT2D eigenvalue weighted by Crippen LogP contribution is -1.56. The first kappa shape index (κ1) is 7.30. The van der Waals surface area contributed by atoms with Crippen LogP contribution in [0.1, 0.15) is 26.7 Å². The second-order valence-corrected chi connectivity index (χ2v) is 1.48. The normalized spacial score (nSPS) is 8.75. The van der Waals surface area contributed by atoms with Gasteiger partial charge < -0.3 is 0 Å². The SMILES string of the molecule is CC=CCC#CCC. The highest BCUT2D eigenvalue weighted by atomic mass is 13.7. The van der Waals surface area contributed by atoms with Crippen LogP contribution in [0.5, 0.6) is 0 Å². The van der Waals surface area contributed by atoms with Crippen molar-refractivity contribution in [3.8, 4) is 11.8 Å². The Morgan fingerprint density at radius 3 is 2.62 bits per heavy atom. The van der Waals surface area contributed by atoms with Crippen LogP contribution in [0.3, 0.4) is 0 Å². The van der Waals surface area contributed by atoms with E-state index in [4.69, 9.17) is 0 Å². The Bertz CT molecular complexity index is 110. The molecule has 0 saturated carbocycles. The summed E-state index contributed by atoms with van der Waals surface area (Å²) in [5.74, 6) is 5.98. The predicted octanol–water partition coefficient (Wildman–Crippen LogP) is 2.37. The van der Waals surface area contributed by atoms with E-state index in [1.165, 1.54) is 0 Å². The Balaban J connectivity index is 3.15. The van der Waals surface area contributed by atoms with Crippen LogP contribution in [0.2, 0.25) is 0 Å². The number of rotatable bonds is 1. The van der Waals surface area contributed by atoms with Crippen molar-refractivity contribution in [1.82, 2.24) is 0 Å². The van der Waals surface area contributed by atoms with E-state index in [1.54, 1.807) is 0 Å². The molecule has 0 aromatic carbocycles. The van der Waals surface area contributed by atoms with Crippen LogP contribution in [0.4, 0.5) is 0 Å². The molecule has 0 spiro atoms. The maximum Gasteiger partial charge on any atom is 0.0269 e. The van der Waals surface area contributed by atoms with E-state index < -0.39 is 0 Å². The average molecular weight is 108 g/mol. The minimum atomic E-state index is 0.907. The Morgan fingerprint density at radius 2 is 2.12 bits per heavy atom. The summed E-state index contributed by atoms with van der Waals surface area (Å²) in [5, 5.41) is 0. The topological polar surface area (TPSA) is 0 Å². The Kier molecular flexibility index (Phi) is 5.75. The van der Waals surface area contributed by atoms with E-state index >= 15 is 0 Å². The van der Waals surface area contributed by atoms with Crippen LogP contribution in [0.15, 0.2) is 12.2 Å². The number of allylic oxidation sites excluding steroid dienone is 2. The van der Waals surface area contributed by atoms with Gasteiger partial charge in [-0.15, -0.1) is 5.92 Å². The predicted molar refractivity (Wildman–Crippen MR) is 37.5 cm³/mol. The lowest BCUT2D eigenvalue weighted by Gasteiger charge is -1.71. The van der Waals surface area contributed by atoms with Gasteiger partial charge in [-0.05, 0) is 6.92 Å². The lowest BCUT2D eigenvalue weighted by atomic mass is 10.3. The zero-order chi connectivity index (χ0) is 6.24. The number of hydrogen-bond acceptors (Lipinski definition) is 0. The molecule has 0 rings (SSSR count). The third-order valence-electron chi connectivity index (χ3n) is 0.757. The molecule has 0 nitrogen and oxygen atoms in total. The first-order chi connectivity index (χ1) is 3.91. The van der Waals surface area contributed by atoms with Gasteiger partial charge in [-0.3, -0.25) is 0 Å². The van der Waals surface area contributed by atoms with Gasteiger partial charge in [0.2, 0.25) is 0 Å². The molecule has 0 aliphatic rings. The fourth-order valence-corrected chi connectivity index (χ4v) is 0.374. The second-order valence-electron chi connectivity index (χ2n) is 1.48. The van der Waals surface area contributed by atoms with E-state index in [-0.39, 0.29) is 0 Å². The summed E-state index contributed by atoms with van der Waals surface area (Å²) in [7, 11) is 0. The molecule has 0 aliphatic heterocycles. The third-order valence-corrected chi connectivity index (χ3v) is 0.757. The van der Waals surface area contributed by atoms with Crippen molar-refractivity contribution in [3.63, 3.8) is 0 Å². The van der Waals surface area contributed by atoms with Gasteiger partial charge in [0.05, 0.1) is 0 Å². The van der Waals surface area contributed by atoms with Crippen molar-refractivity contribution < 1.29 is 0 Å². The van der Waals surface area contributed by atoms with Crippen molar-refractivity contribution in [3.05, 3.63) is 12.2 Å². The molecular formula is C8H12. The van der Waals surface area contributed by atoms with Crippen LogP contribution in [-0.4, -0.2) is 0 Å². The Hall–Kier alpha value is -0.700. The van der Waals surface area contributed by atoms with Gasteiger partial charge in [0, 0.05) is 12.8 Å². The van der Waals surface area contributed by atoms with E-state index in [1.807, 2.05) is 13.0 Å². The molecule has 0 aliphatic carbocycles. The summed E-state index contributed by atoms with van der Waals surface area (Å²) in [6, 6.07) is 0. The molecule has 0 bridgehead atoms. The molecule has 0 heterocycles. The largest absolute Gasteiger partial charge is 0.103 e. The molecule has 0 fully saturated rings. The Labute approximate surface area is 51.6 Å². The molecule has 0 N–H and O–H groups in total. The zero-order valence-corrected chi connectivity index (χ0v) is 5.57. The molecule has 0 amide bonds. The van der Waals surface area contributed by atoms with Gasteiger partial charge >= 0.3 is 0 Å². The van der Waals surface area contributed by atoms with Crippen molar-refractivity contribution in [1.29, 1.82) is 0 Å². The highest BCUT2D eigenvalue weighted by molar-refractivity contribution is 5.03. The fraction of sp³-hybridized carbons (Fsp3) is 0.500. The minimum absolute atomic E-state index is 0.907. The monoisotopic (exact) mass is 108 g/mol. The van der Waals surface area contributed by atoms with Crippen LogP contribution in [0, 0.1) is 11.8 Å². The molecule has 0 aromatic heterocycles. The summed E-state index contributed by atoms with van der Waals surface area (Å²) in [6.07, 6.45) is 5.95. The van der Waals surface area contributed by atoms with E-state index in [2.05, 4.69) is 24.8 Å². The van der Waals surface area contributed by atoms with E-state index in [9.17, 15) is 0 Å². The summed E-state index contributed by atoms with van der Waals surface area (Å²) in [6.45, 7) is 4.07. The molecule has 8 heavy (non-hydrogen) atoms. The molecule has 0 aromatic rings. The summed E-state index contributed by atoms with van der Waals surface area (Å²) in [5.41, 5.74) is 0. The van der Waals surface area contributed by atoms with Crippen LogP contribution < -0.4 is 0 Å². The van der Waals surface area contributed by atoms with Gasteiger partial charge in [0.25, 0.3) is 0 Å². The van der Waals surface area contributed by atoms with Gasteiger partial charge in [-0.1, -0.05) is 25.0 Å². The summed E-state index contributed by atoms with van der Waals surface area (Å²) >= 11 is 0. The molecule has 0 heteroatoms. The van der Waals surface area contributed by atoms with Crippen LogP contribution in [0.25, 0.3) is 0 Å². The van der Waals surface area contributed by atoms with Crippen molar-refractivity contribution in [2.24, 2.45) is 0 Å². The molecule has 44 valence electrons. The Morgan fingerprint density at radius 1 is 1.38 bits per heavy atom. The summed E-state index contributed by atoms with van der Waals surface area (Å²) < 4.78 is 0. The molecular weight excluding hydrogens is 96.1 g/mol. The smallest absolute Gasteiger partial charge is 0.0269 e. The molecule has 0 radical (unpaired) electrons. The molecule has 0 unspecified atom stereocenters. The maximum atomic E-state index is 3.00. The van der Waals surface area contributed by atoms with Crippen LogP contribution in [-0.2, 0) is 0 Å². The third kappa shape index (κ3) is 5.30. The standard InChI is InChI=1S/C8H12/c1-3-5-7-8-6-4-2/h3,5H,4,7H2,1-2H3. The molecule has 0 atom stereocenters. The maximum absolute atomic E-state index is 3.00. The zero-order valence-electron chi connectivity index (χ0n) is 5.57. The van der Waals surface area contributed by atoms with Crippen molar-refractivity contribution in [2.45, 2.75) is 26.7 Å². The van der Waals surface area contributed by atoms with E-state index in [0.717, 1.165) is 12.8 Å². The quantitative estimate of drug-likeness (QED) is 0.357. The van der Waals surface area contributed by atoms with Gasteiger partial charge in [-0.2, -0.15) is 0 Å². The average Bonchev–Trinajstić information content (AvgIpc) is 1.81.